The van der Waals surface area contributed by atoms with Crippen LogP contribution >= 0.6 is 0 Å². The van der Waals surface area contributed by atoms with Crippen molar-refractivity contribution in [3.8, 4) is 0 Å². The molecule has 0 aromatic heterocycles. The van der Waals surface area contributed by atoms with Crippen LogP contribution in [0.3, 0.4) is 0 Å². The Hall–Kier alpha value is -3.75. The average molecular weight is 485 g/mol. The van der Waals surface area contributed by atoms with Crippen molar-refractivity contribution in [2.75, 3.05) is 6.54 Å². The van der Waals surface area contributed by atoms with Crippen LogP contribution in [0.1, 0.15) is 44.9 Å². The van der Waals surface area contributed by atoms with Gasteiger partial charge >= 0.3 is 5.97 Å². The molecule has 1 aliphatic rings. The minimum atomic E-state index is -1.59. The molecule has 0 aromatic rings. The van der Waals surface area contributed by atoms with Crippen LogP contribution in [0.25, 0.3) is 0 Å². The van der Waals surface area contributed by atoms with Crippen LogP contribution in [0, 0.1) is 0 Å². The lowest BCUT2D eigenvalue weighted by Crippen LogP contribution is -2.57. The van der Waals surface area contributed by atoms with E-state index in [9.17, 15) is 38.7 Å². The summed E-state index contributed by atoms with van der Waals surface area (Å²) in [5, 5.41) is 19.1. The number of aliphatic carboxylic acids is 1. The van der Waals surface area contributed by atoms with E-state index in [0.29, 0.717) is 13.0 Å². The quantitative estimate of drug-likeness (QED) is 0.111. The molecule has 0 bridgehead atoms. The van der Waals surface area contributed by atoms with Gasteiger partial charge in [0.15, 0.2) is 0 Å². The van der Waals surface area contributed by atoms with Gasteiger partial charge in [0.25, 0.3) is 0 Å². The van der Waals surface area contributed by atoms with Gasteiger partial charge in [-0.2, -0.15) is 0 Å². The molecule has 6 amide bonds. The summed E-state index contributed by atoms with van der Waals surface area (Å²) in [6.45, 7) is 0.623. The fraction of sp³-hybridized carbons (Fsp3) is 0.632. The molecule has 1 saturated heterocycles. The fourth-order valence-corrected chi connectivity index (χ4v) is 3.24. The minimum absolute atomic E-state index is 0.180. The van der Waals surface area contributed by atoms with Crippen LogP contribution < -0.4 is 38.5 Å². The van der Waals surface area contributed by atoms with Crippen LogP contribution in [-0.2, 0) is 33.6 Å². The third-order valence-corrected chi connectivity index (χ3v) is 5.02. The van der Waals surface area contributed by atoms with Gasteiger partial charge < -0.3 is 43.6 Å². The molecule has 1 aliphatic heterocycles. The van der Waals surface area contributed by atoms with Gasteiger partial charge in [-0.3, -0.25) is 28.8 Å². The van der Waals surface area contributed by atoms with Gasteiger partial charge in [-0.25, -0.2) is 4.79 Å². The van der Waals surface area contributed by atoms with E-state index in [1.165, 1.54) is 0 Å². The molecular weight excluding hydrogens is 454 g/mol. The highest BCUT2D eigenvalue weighted by molar-refractivity contribution is 5.96. The maximum atomic E-state index is 12.8. The zero-order chi connectivity index (χ0) is 25.8. The number of carboxylic acid groups (broad SMARTS) is 1. The number of carboxylic acids is 1. The van der Waals surface area contributed by atoms with Gasteiger partial charge in [0.05, 0.1) is 12.5 Å². The van der Waals surface area contributed by atoms with Crippen molar-refractivity contribution in [2.45, 2.75) is 69.1 Å². The van der Waals surface area contributed by atoms with E-state index in [1.807, 2.05) is 0 Å². The molecule has 4 unspecified atom stereocenters. The Morgan fingerprint density at radius 1 is 0.794 bits per heavy atom. The molecule has 0 radical (unpaired) electrons. The maximum absolute atomic E-state index is 12.8. The van der Waals surface area contributed by atoms with E-state index in [2.05, 4.69) is 21.3 Å². The molecule has 0 spiro atoms. The first-order valence-corrected chi connectivity index (χ1v) is 10.6. The van der Waals surface area contributed by atoms with Crippen LogP contribution in [0.5, 0.6) is 0 Å². The molecule has 0 saturated carbocycles. The molecule has 190 valence electrons. The summed E-state index contributed by atoms with van der Waals surface area (Å²) in [6, 6.07) is -4.91. The second-order valence-electron chi connectivity index (χ2n) is 7.85. The smallest absolute Gasteiger partial charge is 0.326 e. The monoisotopic (exact) mass is 485 g/mol. The number of hydrogen-bond donors (Lipinski definition) is 8. The number of carbonyl (C=O) groups is 7. The third-order valence-electron chi connectivity index (χ3n) is 5.02. The summed E-state index contributed by atoms with van der Waals surface area (Å²) in [5.41, 5.74) is 15.3. The van der Waals surface area contributed by atoms with E-state index >= 15 is 0 Å². The Balaban J connectivity index is 2.94. The highest BCUT2D eigenvalue weighted by atomic mass is 16.4. The second-order valence-corrected chi connectivity index (χ2v) is 7.85. The Morgan fingerprint density at radius 2 is 1.32 bits per heavy atom. The van der Waals surface area contributed by atoms with Crippen molar-refractivity contribution >= 4 is 41.4 Å². The predicted molar refractivity (Wildman–Crippen MR) is 115 cm³/mol. The van der Waals surface area contributed by atoms with Crippen molar-refractivity contribution in [3.63, 3.8) is 0 Å². The molecule has 0 aromatic carbocycles. The molecule has 1 fully saturated rings. The van der Waals surface area contributed by atoms with Gasteiger partial charge in [0.2, 0.25) is 35.4 Å². The van der Waals surface area contributed by atoms with Gasteiger partial charge in [-0.05, 0) is 32.2 Å². The summed E-state index contributed by atoms with van der Waals surface area (Å²) in [6.07, 6.45) is -0.458. The largest absolute Gasteiger partial charge is 0.480 e. The lowest BCUT2D eigenvalue weighted by molar-refractivity contribution is -0.142. The van der Waals surface area contributed by atoms with E-state index in [0.717, 1.165) is 6.42 Å². The Labute approximate surface area is 194 Å². The van der Waals surface area contributed by atoms with Crippen molar-refractivity contribution in [3.05, 3.63) is 0 Å². The Bertz CT molecular complexity index is 812. The summed E-state index contributed by atoms with van der Waals surface area (Å²) < 4.78 is 0. The van der Waals surface area contributed by atoms with E-state index in [-0.39, 0.29) is 25.7 Å². The first kappa shape index (κ1) is 28.3. The van der Waals surface area contributed by atoms with Crippen LogP contribution in [-0.4, -0.2) is 77.2 Å². The number of rotatable bonds is 15. The standard InChI is InChI=1S/C19H31N7O8/c20-13(27)5-3-10(24-16(30)9-2-1-7-23-9)17(31)26-12(8-15(22)29)18(32)25-11(19(33)34)4-6-14(21)28/h9-12,23H,1-8H2,(H2,20,27)(H2,21,28)(H2,22,29)(H,24,30)(H,25,32)(H,26,31)(H,33,34). The maximum Gasteiger partial charge on any atom is 0.326 e. The lowest BCUT2D eigenvalue weighted by Gasteiger charge is -2.24. The number of nitrogens with two attached hydrogens (primary N) is 3. The van der Waals surface area contributed by atoms with Gasteiger partial charge in [0, 0.05) is 12.8 Å². The Kier molecular flexibility index (Phi) is 11.4. The molecule has 11 N–H and O–H groups in total. The van der Waals surface area contributed by atoms with Gasteiger partial charge in [-0.1, -0.05) is 0 Å². The zero-order valence-electron chi connectivity index (χ0n) is 18.5. The van der Waals surface area contributed by atoms with E-state index < -0.39 is 72.0 Å². The number of amides is 6. The average Bonchev–Trinajstić information content (AvgIpc) is 3.27. The molecule has 15 nitrogen and oxygen atoms in total. The third kappa shape index (κ3) is 10.2. The highest BCUT2D eigenvalue weighted by Crippen LogP contribution is 2.07. The summed E-state index contributed by atoms with van der Waals surface area (Å²) in [5.74, 6) is -6.40. The van der Waals surface area contributed by atoms with Gasteiger partial charge in [-0.15, -0.1) is 0 Å². The van der Waals surface area contributed by atoms with Crippen molar-refractivity contribution in [1.29, 1.82) is 0 Å². The van der Waals surface area contributed by atoms with Crippen molar-refractivity contribution in [1.82, 2.24) is 21.3 Å². The second kappa shape index (κ2) is 13.7. The van der Waals surface area contributed by atoms with Crippen LogP contribution in [0.2, 0.25) is 0 Å². The normalized spacial score (nSPS) is 17.6. The molecule has 4 atom stereocenters. The number of nitrogens with one attached hydrogen (secondary N) is 4. The molecular formula is C19H31N7O8. The number of primary amides is 3. The predicted octanol–water partition coefficient (Wildman–Crippen LogP) is -4.32. The fourth-order valence-electron chi connectivity index (χ4n) is 3.24. The summed E-state index contributed by atoms with van der Waals surface area (Å²) >= 11 is 0. The molecule has 0 aliphatic carbocycles. The van der Waals surface area contributed by atoms with Gasteiger partial charge in [0.1, 0.15) is 18.1 Å². The van der Waals surface area contributed by atoms with Crippen LogP contribution in [0.4, 0.5) is 0 Å². The van der Waals surface area contributed by atoms with Crippen molar-refractivity contribution in [2.24, 2.45) is 17.2 Å². The van der Waals surface area contributed by atoms with Crippen molar-refractivity contribution < 1.29 is 38.7 Å². The topological polar surface area (TPSA) is 266 Å². The lowest BCUT2D eigenvalue weighted by atomic mass is 10.1. The number of carbonyl (C=O) groups excluding carboxylic acids is 6. The molecule has 15 heteroatoms. The first-order valence-electron chi connectivity index (χ1n) is 10.6. The van der Waals surface area contributed by atoms with Crippen LogP contribution in [0.15, 0.2) is 0 Å². The first-order chi connectivity index (χ1) is 15.9. The Morgan fingerprint density at radius 3 is 1.79 bits per heavy atom. The van der Waals surface area contributed by atoms with E-state index in [4.69, 9.17) is 17.2 Å². The van der Waals surface area contributed by atoms with E-state index in [1.54, 1.807) is 0 Å². The minimum Gasteiger partial charge on any atom is -0.480 e. The zero-order valence-corrected chi connectivity index (χ0v) is 18.5. The SMILES string of the molecule is NC(=O)CCC(NC(=O)C(CC(N)=O)NC(=O)C(CCC(N)=O)NC(=O)C1CCCN1)C(=O)O. The molecule has 34 heavy (non-hydrogen) atoms. The molecule has 1 rings (SSSR count). The highest BCUT2D eigenvalue weighted by Gasteiger charge is 2.32. The number of hydrogen-bond acceptors (Lipinski definition) is 8. The molecule has 1 heterocycles. The summed E-state index contributed by atoms with van der Waals surface area (Å²) in [4.78, 5) is 82.8. The summed E-state index contributed by atoms with van der Waals surface area (Å²) in [7, 11) is 0.